The molecule has 0 aromatic heterocycles. The Morgan fingerprint density at radius 1 is 0.914 bits per heavy atom. The summed E-state index contributed by atoms with van der Waals surface area (Å²) in [5.41, 5.74) is 3.52. The molecule has 1 heterocycles. The molecule has 0 radical (unpaired) electrons. The van der Waals surface area contributed by atoms with E-state index >= 15 is 0 Å². The number of methoxy groups -OCH3 is 1. The molecule has 0 spiro atoms. The van der Waals surface area contributed by atoms with E-state index in [1.165, 1.54) is 0 Å². The first-order valence-electron chi connectivity index (χ1n) is 12.0. The number of urea groups is 1. The van der Waals surface area contributed by atoms with E-state index in [4.69, 9.17) is 4.74 Å². The van der Waals surface area contributed by atoms with Crippen molar-refractivity contribution in [2.75, 3.05) is 37.0 Å². The molecule has 1 aliphatic rings. The molecule has 3 aromatic carbocycles. The highest BCUT2D eigenvalue weighted by Gasteiger charge is 2.23. The third-order valence-electron chi connectivity index (χ3n) is 6.21. The number of rotatable bonds is 8. The molecule has 0 atom stereocenters. The molecule has 1 aliphatic heterocycles. The summed E-state index contributed by atoms with van der Waals surface area (Å²) < 4.78 is 5.19. The second kappa shape index (κ2) is 11.9. The van der Waals surface area contributed by atoms with Gasteiger partial charge in [-0.05, 0) is 61.2 Å². The highest BCUT2D eigenvalue weighted by atomic mass is 16.5. The first-order valence-corrected chi connectivity index (χ1v) is 12.0. The summed E-state index contributed by atoms with van der Waals surface area (Å²) in [4.78, 5) is 27.5. The van der Waals surface area contributed by atoms with Gasteiger partial charge in [0.1, 0.15) is 5.75 Å². The van der Waals surface area contributed by atoms with E-state index in [-0.39, 0.29) is 18.0 Å². The van der Waals surface area contributed by atoms with Crippen LogP contribution in [-0.2, 0) is 6.42 Å². The number of piperidine rings is 1. The van der Waals surface area contributed by atoms with Crippen LogP contribution in [0.4, 0.5) is 16.2 Å². The Hall–Kier alpha value is -4.00. The fraction of sp³-hybridized carbons (Fsp3) is 0.286. The molecule has 1 saturated heterocycles. The number of ether oxygens (including phenoxy) is 1. The van der Waals surface area contributed by atoms with E-state index in [1.54, 1.807) is 7.11 Å². The number of carbonyl (C=O) groups is 2. The fourth-order valence-corrected chi connectivity index (χ4v) is 4.29. The molecular formula is C28H32N4O3. The summed E-state index contributed by atoms with van der Waals surface area (Å²) in [6.45, 7) is 2.10. The van der Waals surface area contributed by atoms with Crippen LogP contribution in [0.5, 0.6) is 5.75 Å². The van der Waals surface area contributed by atoms with Gasteiger partial charge in [-0.2, -0.15) is 0 Å². The lowest BCUT2D eigenvalue weighted by Crippen LogP contribution is -2.46. The first-order chi connectivity index (χ1) is 17.1. The minimum absolute atomic E-state index is 0.0726. The summed E-state index contributed by atoms with van der Waals surface area (Å²) >= 11 is 0. The van der Waals surface area contributed by atoms with Gasteiger partial charge in [0.2, 0.25) is 0 Å². The monoisotopic (exact) mass is 472 g/mol. The number of nitrogens with one attached hydrogen (secondary N) is 3. The van der Waals surface area contributed by atoms with Crippen LogP contribution in [0.3, 0.4) is 0 Å². The minimum atomic E-state index is -0.189. The molecule has 182 valence electrons. The molecule has 35 heavy (non-hydrogen) atoms. The number of hydrogen-bond donors (Lipinski definition) is 3. The highest BCUT2D eigenvalue weighted by Crippen LogP contribution is 2.24. The Kier molecular flexibility index (Phi) is 8.22. The van der Waals surface area contributed by atoms with Gasteiger partial charge in [-0.15, -0.1) is 0 Å². The standard InChI is InChI=1S/C28H32N4O3/c1-35-24-13-11-21(12-14-24)15-18-29-27(33)25-9-5-6-10-26(25)32-19-16-23(17-20-32)31-28(34)30-22-7-3-2-4-8-22/h2-14,23H,15-20H2,1H3,(H,29,33)(H2,30,31,34). The van der Waals surface area contributed by atoms with Gasteiger partial charge in [0.05, 0.1) is 12.7 Å². The van der Waals surface area contributed by atoms with Crippen molar-refractivity contribution in [2.45, 2.75) is 25.3 Å². The van der Waals surface area contributed by atoms with Gasteiger partial charge in [-0.3, -0.25) is 4.79 Å². The number of anilines is 2. The molecule has 0 bridgehead atoms. The molecule has 0 aliphatic carbocycles. The van der Waals surface area contributed by atoms with Crippen molar-refractivity contribution >= 4 is 23.3 Å². The zero-order chi connectivity index (χ0) is 24.5. The smallest absolute Gasteiger partial charge is 0.319 e. The van der Waals surface area contributed by atoms with Crippen molar-refractivity contribution in [1.82, 2.24) is 10.6 Å². The first kappa shape index (κ1) is 24.1. The molecule has 3 N–H and O–H groups in total. The summed E-state index contributed by atoms with van der Waals surface area (Å²) in [6, 6.07) is 24.9. The molecule has 1 fully saturated rings. The molecule has 3 aromatic rings. The number of amides is 3. The quantitative estimate of drug-likeness (QED) is 0.452. The van der Waals surface area contributed by atoms with Gasteiger partial charge in [0.25, 0.3) is 5.91 Å². The average molecular weight is 473 g/mol. The van der Waals surface area contributed by atoms with Gasteiger partial charge in [0.15, 0.2) is 0 Å². The van der Waals surface area contributed by atoms with Crippen molar-refractivity contribution in [3.63, 3.8) is 0 Å². The minimum Gasteiger partial charge on any atom is -0.497 e. The van der Waals surface area contributed by atoms with Gasteiger partial charge in [-0.25, -0.2) is 4.79 Å². The van der Waals surface area contributed by atoms with Crippen molar-refractivity contribution in [2.24, 2.45) is 0 Å². The Morgan fingerprint density at radius 2 is 1.60 bits per heavy atom. The van der Waals surface area contributed by atoms with Crippen molar-refractivity contribution in [3.05, 3.63) is 90.0 Å². The predicted octanol–water partition coefficient (Wildman–Crippen LogP) is 4.46. The Bertz CT molecular complexity index is 1110. The van der Waals surface area contributed by atoms with Crippen LogP contribution in [0.15, 0.2) is 78.9 Å². The van der Waals surface area contributed by atoms with Crippen LogP contribution >= 0.6 is 0 Å². The highest BCUT2D eigenvalue weighted by molar-refractivity contribution is 5.99. The van der Waals surface area contributed by atoms with Crippen LogP contribution in [0.25, 0.3) is 0 Å². The maximum absolute atomic E-state index is 13.0. The van der Waals surface area contributed by atoms with Crippen molar-refractivity contribution < 1.29 is 14.3 Å². The zero-order valence-electron chi connectivity index (χ0n) is 20.0. The Labute approximate surface area is 206 Å². The number of hydrogen-bond acceptors (Lipinski definition) is 4. The Balaban J connectivity index is 1.27. The van der Waals surface area contributed by atoms with E-state index in [0.717, 1.165) is 55.0 Å². The zero-order valence-corrected chi connectivity index (χ0v) is 20.0. The van der Waals surface area contributed by atoms with Crippen LogP contribution in [0.2, 0.25) is 0 Å². The number of para-hydroxylation sites is 2. The average Bonchev–Trinajstić information content (AvgIpc) is 2.90. The number of carbonyl (C=O) groups excluding carboxylic acids is 2. The molecule has 0 unspecified atom stereocenters. The van der Waals surface area contributed by atoms with Gasteiger partial charge in [0, 0.05) is 37.1 Å². The maximum Gasteiger partial charge on any atom is 0.319 e. The second-order valence-electron chi connectivity index (χ2n) is 8.60. The third kappa shape index (κ3) is 6.76. The third-order valence-corrected chi connectivity index (χ3v) is 6.21. The summed E-state index contributed by atoms with van der Waals surface area (Å²) in [6.07, 6.45) is 2.38. The summed E-state index contributed by atoms with van der Waals surface area (Å²) in [7, 11) is 1.65. The van der Waals surface area contributed by atoms with Crippen LogP contribution in [0.1, 0.15) is 28.8 Å². The fourth-order valence-electron chi connectivity index (χ4n) is 4.29. The van der Waals surface area contributed by atoms with Gasteiger partial charge >= 0.3 is 6.03 Å². The number of nitrogens with zero attached hydrogens (tertiary/aromatic N) is 1. The maximum atomic E-state index is 13.0. The molecule has 7 nitrogen and oxygen atoms in total. The molecule has 4 rings (SSSR count). The SMILES string of the molecule is COc1ccc(CCNC(=O)c2ccccc2N2CCC(NC(=O)Nc3ccccc3)CC2)cc1. The molecule has 7 heteroatoms. The lowest BCUT2D eigenvalue weighted by atomic mass is 10.0. The summed E-state index contributed by atoms with van der Waals surface area (Å²) in [5, 5.41) is 8.99. The molecular weight excluding hydrogens is 440 g/mol. The Morgan fingerprint density at radius 3 is 2.31 bits per heavy atom. The van der Waals surface area contributed by atoms with Crippen LogP contribution < -0.4 is 25.6 Å². The number of benzene rings is 3. The van der Waals surface area contributed by atoms with E-state index in [9.17, 15) is 9.59 Å². The normalized spacial score (nSPS) is 13.7. The lowest BCUT2D eigenvalue weighted by molar-refractivity contribution is 0.0954. The van der Waals surface area contributed by atoms with E-state index in [2.05, 4.69) is 20.9 Å². The molecule has 3 amide bonds. The topological polar surface area (TPSA) is 82.7 Å². The largest absolute Gasteiger partial charge is 0.497 e. The van der Waals surface area contributed by atoms with E-state index in [0.29, 0.717) is 12.1 Å². The summed E-state index contributed by atoms with van der Waals surface area (Å²) in [5.74, 6) is 0.749. The predicted molar refractivity (Wildman–Crippen MR) is 139 cm³/mol. The van der Waals surface area contributed by atoms with E-state index in [1.807, 2.05) is 78.9 Å². The van der Waals surface area contributed by atoms with Gasteiger partial charge < -0.3 is 25.6 Å². The van der Waals surface area contributed by atoms with E-state index < -0.39 is 0 Å². The lowest BCUT2D eigenvalue weighted by Gasteiger charge is -2.34. The van der Waals surface area contributed by atoms with Crippen molar-refractivity contribution in [1.29, 1.82) is 0 Å². The van der Waals surface area contributed by atoms with Gasteiger partial charge in [-0.1, -0.05) is 42.5 Å². The van der Waals surface area contributed by atoms with Crippen molar-refractivity contribution in [3.8, 4) is 5.75 Å². The second-order valence-corrected chi connectivity index (χ2v) is 8.60. The van der Waals surface area contributed by atoms with Crippen LogP contribution in [0, 0.1) is 0 Å². The van der Waals surface area contributed by atoms with Crippen LogP contribution in [-0.4, -0.2) is 44.7 Å². The molecule has 0 saturated carbocycles.